The Morgan fingerprint density at radius 3 is 2.62 bits per heavy atom. The maximum absolute atomic E-state index is 12.7. The van der Waals surface area contributed by atoms with Gasteiger partial charge in [0, 0.05) is 24.2 Å². The van der Waals surface area contributed by atoms with Crippen molar-refractivity contribution >= 4 is 5.78 Å². The van der Waals surface area contributed by atoms with Crippen LogP contribution in [0.1, 0.15) is 46.5 Å². The average Bonchev–Trinajstić information content (AvgIpc) is 2.93. The summed E-state index contributed by atoms with van der Waals surface area (Å²) >= 11 is 0. The molecule has 0 spiro atoms. The van der Waals surface area contributed by atoms with Crippen LogP contribution in [0.5, 0.6) is 0 Å². The zero-order valence-corrected chi connectivity index (χ0v) is 12.6. The van der Waals surface area contributed by atoms with Gasteiger partial charge in [-0.3, -0.25) is 4.79 Å². The summed E-state index contributed by atoms with van der Waals surface area (Å²) < 4.78 is 0. The number of benzene rings is 2. The lowest BCUT2D eigenvalue weighted by Gasteiger charge is -2.08. The standard InChI is InChI=1S/C19H21NO/c1-13(2)8-14-4-3-5-15(9-14)19(21)16-6-7-17-11-20-12-18(17)10-16/h3-7,9-10,13,20H,8,11-12H2,1-2H3. The quantitative estimate of drug-likeness (QED) is 0.864. The van der Waals surface area contributed by atoms with E-state index in [2.05, 4.69) is 31.3 Å². The SMILES string of the molecule is CC(C)Cc1cccc(C(=O)c2ccc3c(c2)CNC3)c1. The van der Waals surface area contributed by atoms with Crippen molar-refractivity contribution in [2.75, 3.05) is 0 Å². The van der Waals surface area contributed by atoms with Gasteiger partial charge in [0.25, 0.3) is 0 Å². The van der Waals surface area contributed by atoms with Crippen molar-refractivity contribution in [2.24, 2.45) is 5.92 Å². The van der Waals surface area contributed by atoms with E-state index in [1.807, 2.05) is 30.3 Å². The predicted molar refractivity (Wildman–Crippen MR) is 85.4 cm³/mol. The second kappa shape index (κ2) is 5.82. The van der Waals surface area contributed by atoms with Gasteiger partial charge in [-0.05, 0) is 41.2 Å². The fraction of sp³-hybridized carbons (Fsp3) is 0.316. The van der Waals surface area contributed by atoms with Crippen molar-refractivity contribution in [3.63, 3.8) is 0 Å². The summed E-state index contributed by atoms with van der Waals surface area (Å²) in [6.07, 6.45) is 1.01. The van der Waals surface area contributed by atoms with Crippen LogP contribution in [0.4, 0.5) is 0 Å². The molecule has 0 atom stereocenters. The van der Waals surface area contributed by atoms with E-state index in [1.165, 1.54) is 16.7 Å². The van der Waals surface area contributed by atoms with E-state index in [9.17, 15) is 4.79 Å². The Balaban J connectivity index is 1.88. The molecule has 0 saturated heterocycles. The molecule has 3 rings (SSSR count). The van der Waals surface area contributed by atoms with Gasteiger partial charge in [0.1, 0.15) is 0 Å². The Morgan fingerprint density at radius 1 is 1.05 bits per heavy atom. The number of hydrogen-bond donors (Lipinski definition) is 1. The fourth-order valence-corrected chi connectivity index (χ4v) is 2.91. The van der Waals surface area contributed by atoms with Crippen LogP contribution < -0.4 is 5.32 Å². The summed E-state index contributed by atoms with van der Waals surface area (Å²) in [6.45, 7) is 6.17. The summed E-state index contributed by atoms with van der Waals surface area (Å²) in [5.74, 6) is 0.719. The first kappa shape index (κ1) is 14.0. The Labute approximate surface area is 126 Å². The largest absolute Gasteiger partial charge is 0.309 e. The van der Waals surface area contributed by atoms with Crippen LogP contribution in [0.2, 0.25) is 0 Å². The van der Waals surface area contributed by atoms with Gasteiger partial charge in [0.15, 0.2) is 5.78 Å². The molecule has 108 valence electrons. The monoisotopic (exact) mass is 279 g/mol. The maximum Gasteiger partial charge on any atom is 0.193 e. The summed E-state index contributed by atoms with van der Waals surface area (Å²) in [6, 6.07) is 14.1. The number of ketones is 1. The zero-order valence-electron chi connectivity index (χ0n) is 12.6. The minimum atomic E-state index is 0.121. The lowest BCUT2D eigenvalue weighted by atomic mass is 9.96. The molecule has 0 saturated carbocycles. The molecule has 1 aliphatic rings. The number of rotatable bonds is 4. The Kier molecular flexibility index (Phi) is 3.89. The Morgan fingerprint density at radius 2 is 1.81 bits per heavy atom. The molecule has 1 N–H and O–H groups in total. The number of fused-ring (bicyclic) bond motifs is 1. The highest BCUT2D eigenvalue weighted by molar-refractivity contribution is 6.09. The van der Waals surface area contributed by atoms with E-state index in [4.69, 9.17) is 0 Å². The van der Waals surface area contributed by atoms with E-state index < -0.39 is 0 Å². The molecule has 0 bridgehead atoms. The fourth-order valence-electron chi connectivity index (χ4n) is 2.91. The first-order valence-corrected chi connectivity index (χ1v) is 7.59. The minimum Gasteiger partial charge on any atom is -0.309 e. The second-order valence-corrected chi connectivity index (χ2v) is 6.21. The lowest BCUT2D eigenvalue weighted by Crippen LogP contribution is -2.04. The topological polar surface area (TPSA) is 29.1 Å². The maximum atomic E-state index is 12.7. The van der Waals surface area contributed by atoms with Crippen molar-refractivity contribution in [3.05, 3.63) is 70.3 Å². The van der Waals surface area contributed by atoms with Crippen molar-refractivity contribution in [1.82, 2.24) is 5.32 Å². The van der Waals surface area contributed by atoms with Crippen LogP contribution >= 0.6 is 0 Å². The summed E-state index contributed by atoms with van der Waals surface area (Å²) in [7, 11) is 0. The lowest BCUT2D eigenvalue weighted by molar-refractivity contribution is 0.103. The van der Waals surface area contributed by atoms with Crippen molar-refractivity contribution in [3.8, 4) is 0 Å². The number of nitrogens with one attached hydrogen (secondary N) is 1. The molecule has 0 fully saturated rings. The van der Waals surface area contributed by atoms with Gasteiger partial charge in [0.2, 0.25) is 0 Å². The minimum absolute atomic E-state index is 0.121. The Bertz CT molecular complexity index is 673. The highest BCUT2D eigenvalue weighted by Gasteiger charge is 2.15. The van der Waals surface area contributed by atoms with Crippen molar-refractivity contribution < 1.29 is 4.79 Å². The third kappa shape index (κ3) is 3.06. The summed E-state index contributed by atoms with van der Waals surface area (Å²) in [4.78, 5) is 12.7. The Hall–Kier alpha value is -1.93. The van der Waals surface area contributed by atoms with Crippen molar-refractivity contribution in [1.29, 1.82) is 0 Å². The first-order chi connectivity index (χ1) is 10.1. The van der Waals surface area contributed by atoms with E-state index >= 15 is 0 Å². The normalized spacial score (nSPS) is 13.5. The summed E-state index contributed by atoms with van der Waals surface area (Å²) in [5.41, 5.74) is 5.37. The first-order valence-electron chi connectivity index (χ1n) is 7.59. The molecule has 1 aliphatic heterocycles. The number of carbonyl (C=O) groups excluding carboxylic acids is 1. The van der Waals surface area contributed by atoms with E-state index in [0.29, 0.717) is 5.92 Å². The predicted octanol–water partition coefficient (Wildman–Crippen LogP) is 3.72. The molecule has 0 unspecified atom stereocenters. The van der Waals surface area contributed by atoms with Crippen LogP contribution in [0.3, 0.4) is 0 Å². The van der Waals surface area contributed by atoms with E-state index in [-0.39, 0.29) is 5.78 Å². The van der Waals surface area contributed by atoms with Crippen LogP contribution in [-0.2, 0) is 19.5 Å². The van der Waals surface area contributed by atoms with Crippen LogP contribution in [-0.4, -0.2) is 5.78 Å². The third-order valence-corrected chi connectivity index (χ3v) is 3.93. The van der Waals surface area contributed by atoms with Crippen molar-refractivity contribution in [2.45, 2.75) is 33.4 Å². The zero-order chi connectivity index (χ0) is 14.8. The van der Waals surface area contributed by atoms with Gasteiger partial charge < -0.3 is 5.32 Å². The molecule has 0 aromatic heterocycles. The van der Waals surface area contributed by atoms with Gasteiger partial charge in [-0.2, -0.15) is 0 Å². The molecule has 2 nitrogen and oxygen atoms in total. The molecule has 0 aliphatic carbocycles. The molecule has 0 radical (unpaired) electrons. The van der Waals surface area contributed by atoms with Crippen LogP contribution in [0.25, 0.3) is 0 Å². The molecule has 21 heavy (non-hydrogen) atoms. The molecule has 0 amide bonds. The molecule has 1 heterocycles. The average molecular weight is 279 g/mol. The van der Waals surface area contributed by atoms with Gasteiger partial charge in [-0.15, -0.1) is 0 Å². The van der Waals surface area contributed by atoms with Gasteiger partial charge in [0.05, 0.1) is 0 Å². The molecular weight excluding hydrogens is 258 g/mol. The molecular formula is C19H21NO. The highest BCUT2D eigenvalue weighted by atomic mass is 16.1. The highest BCUT2D eigenvalue weighted by Crippen LogP contribution is 2.20. The summed E-state index contributed by atoms with van der Waals surface area (Å²) in [5, 5.41) is 3.31. The van der Waals surface area contributed by atoms with Gasteiger partial charge in [-0.25, -0.2) is 0 Å². The van der Waals surface area contributed by atoms with E-state index in [0.717, 1.165) is 30.6 Å². The van der Waals surface area contributed by atoms with E-state index in [1.54, 1.807) is 0 Å². The van der Waals surface area contributed by atoms with Crippen LogP contribution in [0.15, 0.2) is 42.5 Å². The third-order valence-electron chi connectivity index (χ3n) is 3.93. The smallest absolute Gasteiger partial charge is 0.193 e. The van der Waals surface area contributed by atoms with Crippen LogP contribution in [0, 0.1) is 5.92 Å². The van der Waals surface area contributed by atoms with Gasteiger partial charge in [-0.1, -0.05) is 44.2 Å². The number of carbonyl (C=O) groups is 1. The molecule has 2 heteroatoms. The molecule has 2 aromatic rings. The second-order valence-electron chi connectivity index (χ2n) is 6.21. The molecule has 2 aromatic carbocycles. The van der Waals surface area contributed by atoms with Gasteiger partial charge >= 0.3 is 0 Å². The number of hydrogen-bond acceptors (Lipinski definition) is 2.